The van der Waals surface area contributed by atoms with Crippen molar-refractivity contribution in [3.63, 3.8) is 0 Å². The minimum absolute atomic E-state index is 0.0669. The number of nitrogens with zero attached hydrogens (tertiary/aromatic N) is 1. The molecule has 1 saturated heterocycles. The van der Waals surface area contributed by atoms with Gasteiger partial charge in [0.1, 0.15) is 12.4 Å². The van der Waals surface area contributed by atoms with E-state index in [9.17, 15) is 8.42 Å². The molecule has 1 N–H and O–H groups in total. The number of sulfonamides is 1. The second-order valence-electron chi connectivity index (χ2n) is 10.2. The van der Waals surface area contributed by atoms with Gasteiger partial charge in [-0.2, -0.15) is 0 Å². The molecule has 7 heteroatoms. The predicted octanol–water partition coefficient (Wildman–Crippen LogP) is 3.67. The van der Waals surface area contributed by atoms with Crippen LogP contribution in [0.5, 0.6) is 5.75 Å². The fraction of sp³-hybridized carbons (Fsp3) is 0.760. The molecule has 32 heavy (non-hydrogen) atoms. The Morgan fingerprint density at radius 3 is 2.56 bits per heavy atom. The minimum Gasteiger partial charge on any atom is -0.492 e. The van der Waals surface area contributed by atoms with Crippen molar-refractivity contribution in [1.82, 2.24) is 9.62 Å². The molecule has 2 bridgehead atoms. The molecular formula is C25H38N2O4S. The molecule has 6 nitrogen and oxygen atoms in total. The first-order valence-corrected chi connectivity index (χ1v) is 14.3. The van der Waals surface area contributed by atoms with Crippen LogP contribution in [0.4, 0.5) is 0 Å². The van der Waals surface area contributed by atoms with E-state index in [1.807, 2.05) is 0 Å². The molecule has 5 aliphatic rings. The summed E-state index contributed by atoms with van der Waals surface area (Å²) in [6.07, 6.45) is 9.77. The summed E-state index contributed by atoms with van der Waals surface area (Å²) in [7, 11) is -3.26. The highest BCUT2D eigenvalue weighted by Crippen LogP contribution is 2.39. The van der Waals surface area contributed by atoms with Crippen LogP contribution in [0.3, 0.4) is 0 Å². The first-order chi connectivity index (χ1) is 15.6. The van der Waals surface area contributed by atoms with Gasteiger partial charge in [0, 0.05) is 18.6 Å². The Hall–Kier alpha value is -1.15. The second kappa shape index (κ2) is 10.00. The standard InChI is InChI=1S/C25H38N2O4S/c28-32(29,18-19-5-3-6-19)26-23-8-4-14-27-15-16-30-25-9-2-1-7-22(25)20-10-12-21(13-11-20)31-17-24(23)27/h1-2,7,9,19-21,23-24,26H,3-6,8,10-18H2/t20?,21?,23-,24?/m0/s1. The van der Waals surface area contributed by atoms with Crippen LogP contribution in [0.1, 0.15) is 69.3 Å². The second-order valence-corrected chi connectivity index (χ2v) is 12.0. The monoisotopic (exact) mass is 462 g/mol. The fourth-order valence-electron chi connectivity index (χ4n) is 6.01. The maximum atomic E-state index is 12.9. The third-order valence-corrected chi connectivity index (χ3v) is 9.65. The van der Waals surface area contributed by atoms with Gasteiger partial charge in [-0.15, -0.1) is 0 Å². The van der Waals surface area contributed by atoms with Gasteiger partial charge in [-0.05, 0) is 81.4 Å². The van der Waals surface area contributed by atoms with E-state index in [2.05, 4.69) is 33.9 Å². The van der Waals surface area contributed by atoms with Crippen LogP contribution in [0, 0.1) is 5.92 Å². The van der Waals surface area contributed by atoms with E-state index in [4.69, 9.17) is 9.47 Å². The van der Waals surface area contributed by atoms with Gasteiger partial charge in [-0.1, -0.05) is 24.6 Å². The maximum Gasteiger partial charge on any atom is 0.212 e. The largest absolute Gasteiger partial charge is 0.492 e. The summed E-state index contributed by atoms with van der Waals surface area (Å²) < 4.78 is 41.6. The van der Waals surface area contributed by atoms with E-state index in [1.165, 1.54) is 12.0 Å². The van der Waals surface area contributed by atoms with E-state index in [0.29, 0.717) is 25.0 Å². The van der Waals surface area contributed by atoms with Crippen LogP contribution in [-0.2, 0) is 14.8 Å². The van der Waals surface area contributed by atoms with Crippen molar-refractivity contribution in [2.45, 2.75) is 81.9 Å². The molecule has 1 aromatic carbocycles. The highest BCUT2D eigenvalue weighted by molar-refractivity contribution is 7.89. The van der Waals surface area contributed by atoms with Gasteiger partial charge in [0.2, 0.25) is 10.0 Å². The van der Waals surface area contributed by atoms with Crippen LogP contribution in [0.2, 0.25) is 0 Å². The van der Waals surface area contributed by atoms with Gasteiger partial charge in [-0.25, -0.2) is 13.1 Å². The first-order valence-electron chi connectivity index (χ1n) is 12.6. The van der Waals surface area contributed by atoms with E-state index in [0.717, 1.165) is 70.2 Å². The molecular weight excluding hydrogens is 424 g/mol. The minimum atomic E-state index is -3.26. The lowest BCUT2D eigenvalue weighted by molar-refractivity contribution is -0.0284. The summed E-state index contributed by atoms with van der Waals surface area (Å²) in [6.45, 7) is 2.97. The molecule has 3 heterocycles. The van der Waals surface area contributed by atoms with Crippen molar-refractivity contribution in [3.8, 4) is 5.75 Å². The van der Waals surface area contributed by atoms with Crippen LogP contribution < -0.4 is 9.46 Å². The van der Waals surface area contributed by atoms with Crippen molar-refractivity contribution in [2.75, 3.05) is 32.1 Å². The lowest BCUT2D eigenvalue weighted by Crippen LogP contribution is -2.58. The van der Waals surface area contributed by atoms with E-state index >= 15 is 0 Å². The Kier molecular flexibility index (Phi) is 7.07. The van der Waals surface area contributed by atoms with Gasteiger partial charge in [-0.3, -0.25) is 4.90 Å². The smallest absolute Gasteiger partial charge is 0.212 e. The quantitative estimate of drug-likeness (QED) is 0.739. The molecule has 2 aliphatic carbocycles. The van der Waals surface area contributed by atoms with Gasteiger partial charge < -0.3 is 9.47 Å². The fourth-order valence-corrected chi connectivity index (χ4v) is 7.80. The number of fused-ring (bicyclic) bond motifs is 5. The van der Waals surface area contributed by atoms with E-state index < -0.39 is 10.0 Å². The van der Waals surface area contributed by atoms with Crippen LogP contribution in [0.25, 0.3) is 0 Å². The zero-order valence-electron chi connectivity index (χ0n) is 19.1. The number of ether oxygens (including phenoxy) is 2. The van der Waals surface area contributed by atoms with Gasteiger partial charge in [0.05, 0.1) is 18.5 Å². The SMILES string of the molecule is O=S(=O)(CC1CCC1)N[C@H]1CCCN2CCOc3ccccc3C3CCC(CC3)OCC12. The summed E-state index contributed by atoms with van der Waals surface area (Å²) in [5.41, 5.74) is 1.34. The Morgan fingerprint density at radius 2 is 1.78 bits per heavy atom. The van der Waals surface area contributed by atoms with Crippen LogP contribution in [-0.4, -0.2) is 63.6 Å². The third kappa shape index (κ3) is 5.32. The van der Waals surface area contributed by atoms with Gasteiger partial charge in [0.25, 0.3) is 0 Å². The Balaban J connectivity index is 1.32. The highest BCUT2D eigenvalue weighted by Gasteiger charge is 2.36. The number of hydrogen-bond donors (Lipinski definition) is 1. The molecule has 3 fully saturated rings. The molecule has 2 saturated carbocycles. The maximum absolute atomic E-state index is 12.9. The number of nitrogens with one attached hydrogen (secondary N) is 1. The lowest BCUT2D eigenvalue weighted by atomic mass is 9.82. The highest BCUT2D eigenvalue weighted by atomic mass is 32.2. The number of hydrogen-bond acceptors (Lipinski definition) is 5. The molecule has 3 aliphatic heterocycles. The molecule has 0 radical (unpaired) electrons. The van der Waals surface area contributed by atoms with Crippen molar-refractivity contribution < 1.29 is 17.9 Å². The molecule has 1 unspecified atom stereocenters. The zero-order valence-corrected chi connectivity index (χ0v) is 19.9. The topological polar surface area (TPSA) is 67.9 Å². The Labute approximate surface area is 193 Å². The Morgan fingerprint density at radius 1 is 0.969 bits per heavy atom. The molecule has 6 rings (SSSR count). The van der Waals surface area contributed by atoms with E-state index in [-0.39, 0.29) is 23.9 Å². The summed E-state index contributed by atoms with van der Waals surface area (Å²) in [5, 5.41) is 0. The zero-order chi connectivity index (χ0) is 22.0. The predicted molar refractivity (Wildman–Crippen MR) is 126 cm³/mol. The summed E-state index contributed by atoms with van der Waals surface area (Å²) in [4.78, 5) is 2.40. The molecule has 1 aromatic rings. The average Bonchev–Trinajstić information content (AvgIpc) is 2.78. The number of piperidine rings is 1. The van der Waals surface area contributed by atoms with Crippen molar-refractivity contribution in [1.29, 1.82) is 0 Å². The van der Waals surface area contributed by atoms with Gasteiger partial charge >= 0.3 is 0 Å². The lowest BCUT2D eigenvalue weighted by Gasteiger charge is -2.42. The van der Waals surface area contributed by atoms with Gasteiger partial charge in [0.15, 0.2) is 0 Å². The van der Waals surface area contributed by atoms with Crippen molar-refractivity contribution in [2.24, 2.45) is 5.92 Å². The summed E-state index contributed by atoms with van der Waals surface area (Å²) >= 11 is 0. The molecule has 0 aromatic heterocycles. The molecule has 0 spiro atoms. The molecule has 178 valence electrons. The summed E-state index contributed by atoms with van der Waals surface area (Å²) in [5.74, 6) is 2.18. The number of para-hydroxylation sites is 1. The normalized spacial score (nSPS) is 32.4. The van der Waals surface area contributed by atoms with E-state index in [1.54, 1.807) is 0 Å². The number of rotatable bonds is 4. The first kappa shape index (κ1) is 22.6. The van der Waals surface area contributed by atoms with Crippen molar-refractivity contribution >= 4 is 10.0 Å². The summed E-state index contributed by atoms with van der Waals surface area (Å²) in [6, 6.07) is 8.48. The Bertz CT molecular complexity index is 864. The average molecular weight is 463 g/mol. The third-order valence-electron chi connectivity index (χ3n) is 8.08. The van der Waals surface area contributed by atoms with Crippen molar-refractivity contribution in [3.05, 3.63) is 29.8 Å². The van der Waals surface area contributed by atoms with Crippen LogP contribution in [0.15, 0.2) is 24.3 Å². The molecule has 2 atom stereocenters. The number of benzene rings is 1. The molecule has 0 amide bonds. The van der Waals surface area contributed by atoms with Crippen LogP contribution >= 0.6 is 0 Å².